The number of fused-ring (bicyclic) bond motifs is 1. The molecule has 0 saturated carbocycles. The predicted octanol–water partition coefficient (Wildman–Crippen LogP) is 3.24. The van der Waals surface area contributed by atoms with Crippen molar-refractivity contribution >= 4 is 55.4 Å². The minimum Gasteiger partial charge on any atom is -0.376 e. The van der Waals surface area contributed by atoms with E-state index in [1.807, 2.05) is 6.07 Å². The van der Waals surface area contributed by atoms with Crippen LogP contribution in [0.3, 0.4) is 0 Å². The zero-order chi connectivity index (χ0) is 16.6. The lowest BCUT2D eigenvalue weighted by Gasteiger charge is -2.34. The van der Waals surface area contributed by atoms with Gasteiger partial charge in [-0.3, -0.25) is 10.1 Å². The second-order valence-electron chi connectivity index (χ2n) is 5.61. The number of rotatable bonds is 3. The quantitative estimate of drug-likeness (QED) is 0.498. The number of aromatic nitrogens is 1. The fraction of sp³-hybridized carbons (Fsp3) is 0.429. The Labute approximate surface area is 142 Å². The topological polar surface area (TPSA) is 97.3 Å². The first-order chi connectivity index (χ1) is 11.0. The molecule has 0 spiro atoms. The number of hydrogen-bond acceptors (Lipinski definition) is 6. The average Bonchev–Trinajstić information content (AvgIpc) is 2.86. The number of nitro benzene ring substituents is 1. The Balaban J connectivity index is 2.09. The Hall–Kier alpha value is -2.00. The van der Waals surface area contributed by atoms with Crippen molar-refractivity contribution in [3.63, 3.8) is 0 Å². The molecule has 3 N–H and O–H groups in total. The lowest BCUT2D eigenvalue weighted by Crippen LogP contribution is -2.37. The Bertz CT molecular complexity index is 776. The summed E-state index contributed by atoms with van der Waals surface area (Å²) in [5, 5.41) is 15.0. The molecule has 1 saturated heterocycles. The summed E-state index contributed by atoms with van der Waals surface area (Å²) in [4.78, 5) is 17.6. The summed E-state index contributed by atoms with van der Waals surface area (Å²) in [5.74, 6) is 0. The molecule has 0 aliphatic carbocycles. The highest BCUT2D eigenvalue weighted by Crippen LogP contribution is 2.38. The van der Waals surface area contributed by atoms with Crippen molar-refractivity contribution in [2.24, 2.45) is 5.73 Å². The van der Waals surface area contributed by atoms with Gasteiger partial charge in [0.25, 0.3) is 5.69 Å². The summed E-state index contributed by atoms with van der Waals surface area (Å²) < 4.78 is 0.877. The normalized spacial score (nSPS) is 18.1. The van der Waals surface area contributed by atoms with Crippen molar-refractivity contribution < 1.29 is 4.92 Å². The van der Waals surface area contributed by atoms with Crippen LogP contribution in [0.1, 0.15) is 26.2 Å². The van der Waals surface area contributed by atoms with Crippen molar-refractivity contribution in [2.75, 3.05) is 16.8 Å². The standard InChI is InChI=1S/C14H17N5O2S2/c1-8-4-2-3-5-18(8)10-7-12-9(6-11(10)19(20)21)16-14(23-12)17-13(15)22/h6-8H,2-5H2,1H3,(H3,15,16,17,22). The Morgan fingerprint density at radius 1 is 1.57 bits per heavy atom. The second-order valence-corrected chi connectivity index (χ2v) is 7.08. The van der Waals surface area contributed by atoms with Crippen LogP contribution in [0.5, 0.6) is 0 Å². The fourth-order valence-corrected chi connectivity index (χ4v) is 4.00. The molecule has 9 heteroatoms. The molecular formula is C14H17N5O2S2. The van der Waals surface area contributed by atoms with Gasteiger partial charge in [0.15, 0.2) is 10.2 Å². The maximum atomic E-state index is 11.5. The van der Waals surface area contributed by atoms with Gasteiger partial charge in [0, 0.05) is 18.7 Å². The number of nitrogens with zero attached hydrogens (tertiary/aromatic N) is 3. The van der Waals surface area contributed by atoms with Gasteiger partial charge in [-0.1, -0.05) is 11.3 Å². The number of hydrogen-bond donors (Lipinski definition) is 2. The van der Waals surface area contributed by atoms with Crippen molar-refractivity contribution in [3.05, 3.63) is 22.2 Å². The summed E-state index contributed by atoms with van der Waals surface area (Å²) in [5.41, 5.74) is 6.80. The number of anilines is 2. The summed E-state index contributed by atoms with van der Waals surface area (Å²) >= 11 is 6.20. The van der Waals surface area contributed by atoms with E-state index in [1.165, 1.54) is 17.4 Å². The molecule has 1 aliphatic heterocycles. The Kier molecular flexibility index (Phi) is 4.31. The Morgan fingerprint density at radius 3 is 3.00 bits per heavy atom. The SMILES string of the molecule is CC1CCCCN1c1cc2sc(NC(N)=S)nc2cc1[N+](=O)[O-]. The highest BCUT2D eigenvalue weighted by Gasteiger charge is 2.27. The number of thiazole rings is 1. The largest absolute Gasteiger partial charge is 0.376 e. The highest BCUT2D eigenvalue weighted by molar-refractivity contribution is 7.80. The summed E-state index contributed by atoms with van der Waals surface area (Å²) in [6.45, 7) is 2.95. The molecule has 1 atom stereocenters. The van der Waals surface area contributed by atoms with E-state index in [0.717, 1.165) is 30.5 Å². The van der Waals surface area contributed by atoms with Crippen LogP contribution in [-0.2, 0) is 0 Å². The zero-order valence-electron chi connectivity index (χ0n) is 12.6. The summed E-state index contributed by atoms with van der Waals surface area (Å²) in [6.07, 6.45) is 3.26. The molecule has 1 aliphatic rings. The van der Waals surface area contributed by atoms with Crippen molar-refractivity contribution in [1.82, 2.24) is 4.98 Å². The first kappa shape index (κ1) is 15.9. The third-order valence-corrected chi connectivity index (χ3v) is 5.06. The van der Waals surface area contributed by atoms with Gasteiger partial charge < -0.3 is 16.0 Å². The van der Waals surface area contributed by atoms with Crippen LogP contribution in [0.4, 0.5) is 16.5 Å². The second kappa shape index (κ2) is 6.25. The van der Waals surface area contributed by atoms with E-state index in [2.05, 4.69) is 22.1 Å². The number of thiocarbonyl (C=S) groups is 1. The molecular weight excluding hydrogens is 334 g/mol. The van der Waals surface area contributed by atoms with Gasteiger partial charge in [0.2, 0.25) is 0 Å². The number of piperidine rings is 1. The van der Waals surface area contributed by atoms with Gasteiger partial charge in [-0.2, -0.15) is 0 Å². The van der Waals surface area contributed by atoms with Gasteiger partial charge in [0.05, 0.1) is 15.1 Å². The summed E-state index contributed by atoms with van der Waals surface area (Å²) in [7, 11) is 0. The van der Waals surface area contributed by atoms with E-state index in [0.29, 0.717) is 22.4 Å². The molecule has 7 nitrogen and oxygen atoms in total. The number of nitro groups is 1. The van der Waals surface area contributed by atoms with Crippen LogP contribution in [0.25, 0.3) is 10.2 Å². The van der Waals surface area contributed by atoms with Crippen molar-refractivity contribution in [3.8, 4) is 0 Å². The zero-order valence-corrected chi connectivity index (χ0v) is 14.2. The number of nitrogens with one attached hydrogen (secondary N) is 1. The number of benzene rings is 1. The highest BCUT2D eigenvalue weighted by atomic mass is 32.1. The fourth-order valence-electron chi connectivity index (χ4n) is 2.94. The van der Waals surface area contributed by atoms with Crippen LogP contribution in [0.2, 0.25) is 0 Å². The van der Waals surface area contributed by atoms with Crippen LogP contribution in [-0.4, -0.2) is 27.6 Å². The predicted molar refractivity (Wildman–Crippen MR) is 97.3 cm³/mol. The smallest absolute Gasteiger partial charge is 0.294 e. The van der Waals surface area contributed by atoms with Gasteiger partial charge in [-0.05, 0) is 44.5 Å². The minimum atomic E-state index is -0.337. The molecule has 23 heavy (non-hydrogen) atoms. The molecule has 0 radical (unpaired) electrons. The van der Waals surface area contributed by atoms with Gasteiger partial charge >= 0.3 is 0 Å². The van der Waals surface area contributed by atoms with E-state index in [1.54, 1.807) is 0 Å². The van der Waals surface area contributed by atoms with Crippen LogP contribution in [0, 0.1) is 10.1 Å². The first-order valence-corrected chi connectivity index (χ1v) is 8.60. The van der Waals surface area contributed by atoms with Crippen molar-refractivity contribution in [1.29, 1.82) is 0 Å². The maximum Gasteiger partial charge on any atom is 0.294 e. The third-order valence-electron chi connectivity index (χ3n) is 4.02. The summed E-state index contributed by atoms with van der Waals surface area (Å²) in [6, 6.07) is 3.69. The average molecular weight is 351 g/mol. The van der Waals surface area contributed by atoms with E-state index in [4.69, 9.17) is 18.0 Å². The first-order valence-electron chi connectivity index (χ1n) is 7.38. The van der Waals surface area contributed by atoms with Gasteiger partial charge in [0.1, 0.15) is 5.69 Å². The van der Waals surface area contributed by atoms with E-state index >= 15 is 0 Å². The maximum absolute atomic E-state index is 11.5. The van der Waals surface area contributed by atoms with Crippen LogP contribution >= 0.6 is 23.6 Å². The minimum absolute atomic E-state index is 0.0958. The van der Waals surface area contributed by atoms with Gasteiger partial charge in [-0.15, -0.1) is 0 Å². The van der Waals surface area contributed by atoms with E-state index < -0.39 is 0 Å². The number of nitrogens with two attached hydrogens (primary N) is 1. The van der Waals surface area contributed by atoms with E-state index in [9.17, 15) is 10.1 Å². The van der Waals surface area contributed by atoms with Crippen LogP contribution < -0.4 is 16.0 Å². The molecule has 2 aromatic rings. The third kappa shape index (κ3) is 3.20. The lowest BCUT2D eigenvalue weighted by atomic mass is 10.0. The molecule has 2 heterocycles. The van der Waals surface area contributed by atoms with E-state index in [-0.39, 0.29) is 15.7 Å². The molecule has 1 aromatic carbocycles. The molecule has 3 rings (SSSR count). The molecule has 0 bridgehead atoms. The molecule has 122 valence electrons. The lowest BCUT2D eigenvalue weighted by molar-refractivity contribution is -0.384. The monoisotopic (exact) mass is 351 g/mol. The van der Waals surface area contributed by atoms with Gasteiger partial charge in [-0.25, -0.2) is 4.98 Å². The molecule has 1 aromatic heterocycles. The molecule has 0 amide bonds. The molecule has 1 unspecified atom stereocenters. The Morgan fingerprint density at radius 2 is 2.35 bits per heavy atom. The van der Waals surface area contributed by atoms with Crippen LogP contribution in [0.15, 0.2) is 12.1 Å². The molecule has 1 fully saturated rings. The van der Waals surface area contributed by atoms with Crippen molar-refractivity contribution in [2.45, 2.75) is 32.2 Å².